The Morgan fingerprint density at radius 1 is 1.29 bits per heavy atom. The third-order valence-corrected chi connectivity index (χ3v) is 4.44. The van der Waals surface area contributed by atoms with Gasteiger partial charge in [0.1, 0.15) is 5.82 Å². The molecule has 1 aliphatic heterocycles. The normalized spacial score (nSPS) is 16.6. The third kappa shape index (κ3) is 3.79. The van der Waals surface area contributed by atoms with Crippen LogP contribution in [0.25, 0.3) is 0 Å². The topological polar surface area (TPSA) is 51.2 Å². The van der Waals surface area contributed by atoms with E-state index in [1.807, 2.05) is 25.1 Å². The van der Waals surface area contributed by atoms with Crippen LogP contribution < -0.4 is 5.32 Å². The summed E-state index contributed by atoms with van der Waals surface area (Å²) >= 11 is 0. The Hall–Kier alpha value is -2.27. The number of aryl methyl sites for hydroxylation is 1. The fourth-order valence-corrected chi connectivity index (χ4v) is 3.09. The van der Waals surface area contributed by atoms with Crippen molar-refractivity contribution in [3.63, 3.8) is 0 Å². The molecular formula is C19H21FN2O2. The molecule has 2 aromatic rings. The minimum Gasteiger partial charge on any atom is -0.381 e. The Bertz CT molecular complexity index is 710. The number of amides is 1. The monoisotopic (exact) mass is 328 g/mol. The molecule has 0 unspecified atom stereocenters. The molecule has 1 saturated heterocycles. The van der Waals surface area contributed by atoms with Crippen molar-refractivity contribution in [1.29, 1.82) is 0 Å². The predicted molar refractivity (Wildman–Crippen MR) is 89.0 cm³/mol. The molecule has 3 rings (SSSR count). The number of hydrogen-bond acceptors (Lipinski definition) is 3. The van der Waals surface area contributed by atoms with Crippen LogP contribution in [-0.4, -0.2) is 24.1 Å². The largest absolute Gasteiger partial charge is 0.381 e. The number of carbonyl (C=O) groups excluding carboxylic acids is 1. The van der Waals surface area contributed by atoms with Gasteiger partial charge in [-0.1, -0.05) is 18.2 Å². The molecule has 1 fully saturated rings. The summed E-state index contributed by atoms with van der Waals surface area (Å²) in [6.07, 6.45) is 3.24. The first kappa shape index (κ1) is 16.6. The van der Waals surface area contributed by atoms with Crippen LogP contribution in [0.1, 0.15) is 29.7 Å². The van der Waals surface area contributed by atoms with Gasteiger partial charge >= 0.3 is 0 Å². The van der Waals surface area contributed by atoms with Crippen LogP contribution in [-0.2, 0) is 21.5 Å². The van der Waals surface area contributed by atoms with Crippen LogP contribution >= 0.6 is 0 Å². The number of nitrogens with one attached hydrogen (secondary N) is 1. The van der Waals surface area contributed by atoms with Gasteiger partial charge in [-0.15, -0.1) is 0 Å². The Morgan fingerprint density at radius 2 is 2.08 bits per heavy atom. The zero-order chi connectivity index (χ0) is 17.0. The molecule has 5 heteroatoms. The number of halogens is 1. The van der Waals surface area contributed by atoms with Crippen LogP contribution in [0.15, 0.2) is 42.6 Å². The van der Waals surface area contributed by atoms with Crippen LogP contribution in [0, 0.1) is 12.7 Å². The molecule has 126 valence electrons. The van der Waals surface area contributed by atoms with Crippen molar-refractivity contribution >= 4 is 5.91 Å². The maximum Gasteiger partial charge on any atom is 0.225 e. The summed E-state index contributed by atoms with van der Waals surface area (Å²) in [7, 11) is 0. The van der Waals surface area contributed by atoms with Crippen molar-refractivity contribution < 1.29 is 13.9 Å². The lowest BCUT2D eigenvalue weighted by atomic mass is 9.82. The summed E-state index contributed by atoms with van der Waals surface area (Å²) in [5.41, 5.74) is 2.00. The van der Waals surface area contributed by atoms with E-state index in [9.17, 15) is 9.18 Å². The number of carbonyl (C=O) groups is 1. The van der Waals surface area contributed by atoms with Gasteiger partial charge in [-0.05, 0) is 49.1 Å². The van der Waals surface area contributed by atoms with Crippen molar-refractivity contribution in [2.24, 2.45) is 0 Å². The molecule has 0 atom stereocenters. The second-order valence-corrected chi connectivity index (χ2v) is 6.24. The van der Waals surface area contributed by atoms with Gasteiger partial charge in [-0.3, -0.25) is 9.78 Å². The quantitative estimate of drug-likeness (QED) is 0.939. The fraction of sp³-hybridized carbons (Fsp3) is 0.368. The maximum absolute atomic E-state index is 13.7. The van der Waals surface area contributed by atoms with Crippen LogP contribution in [0.4, 0.5) is 4.39 Å². The van der Waals surface area contributed by atoms with E-state index in [0.717, 1.165) is 16.8 Å². The Kier molecular flexibility index (Phi) is 4.90. The molecule has 4 nitrogen and oxygen atoms in total. The number of hydrogen-bond donors (Lipinski definition) is 1. The van der Waals surface area contributed by atoms with Gasteiger partial charge in [0.25, 0.3) is 0 Å². The van der Waals surface area contributed by atoms with Gasteiger partial charge in [-0.2, -0.15) is 0 Å². The maximum atomic E-state index is 13.7. The van der Waals surface area contributed by atoms with E-state index in [4.69, 9.17) is 4.74 Å². The van der Waals surface area contributed by atoms with Gasteiger partial charge in [0, 0.05) is 25.1 Å². The van der Waals surface area contributed by atoms with Gasteiger partial charge in [0.2, 0.25) is 5.91 Å². The Balaban J connectivity index is 1.79. The average Bonchev–Trinajstić information content (AvgIpc) is 2.58. The average molecular weight is 328 g/mol. The SMILES string of the molecule is Cc1ccc(CC(=O)NC2(c3cccc(F)c3)CCOCC2)cn1. The third-order valence-electron chi connectivity index (χ3n) is 4.44. The summed E-state index contributed by atoms with van der Waals surface area (Å²) in [5, 5.41) is 3.13. The minimum atomic E-state index is -0.574. The van der Waals surface area contributed by atoms with Gasteiger partial charge < -0.3 is 10.1 Å². The molecule has 1 amide bonds. The first-order chi connectivity index (χ1) is 11.6. The molecule has 1 aromatic heterocycles. The van der Waals surface area contributed by atoms with Gasteiger partial charge in [0.15, 0.2) is 0 Å². The smallest absolute Gasteiger partial charge is 0.225 e. The highest BCUT2D eigenvalue weighted by Gasteiger charge is 2.36. The standard InChI is InChI=1S/C19H21FN2O2/c1-14-5-6-15(13-21-14)11-18(23)22-19(7-9-24-10-8-19)16-3-2-4-17(20)12-16/h2-6,12-13H,7-11H2,1H3,(H,22,23). The first-order valence-corrected chi connectivity index (χ1v) is 8.14. The molecule has 1 aromatic carbocycles. The molecule has 0 saturated carbocycles. The van der Waals surface area contributed by atoms with Gasteiger partial charge in [-0.25, -0.2) is 4.39 Å². The number of aromatic nitrogens is 1. The van der Waals surface area contributed by atoms with E-state index in [-0.39, 0.29) is 18.1 Å². The number of benzene rings is 1. The highest BCUT2D eigenvalue weighted by atomic mass is 19.1. The lowest BCUT2D eigenvalue weighted by Gasteiger charge is -2.38. The highest BCUT2D eigenvalue weighted by Crippen LogP contribution is 2.32. The van der Waals surface area contributed by atoms with E-state index in [1.54, 1.807) is 12.3 Å². The summed E-state index contributed by atoms with van der Waals surface area (Å²) in [6, 6.07) is 10.2. The number of ether oxygens (including phenoxy) is 1. The van der Waals surface area contributed by atoms with Gasteiger partial charge in [0.05, 0.1) is 12.0 Å². The van der Waals surface area contributed by atoms with E-state index in [2.05, 4.69) is 10.3 Å². The summed E-state index contributed by atoms with van der Waals surface area (Å²) in [4.78, 5) is 16.8. The molecule has 0 aliphatic carbocycles. The summed E-state index contributed by atoms with van der Waals surface area (Å²) < 4.78 is 19.1. The molecular weight excluding hydrogens is 307 g/mol. The second-order valence-electron chi connectivity index (χ2n) is 6.24. The van der Waals surface area contributed by atoms with E-state index in [1.165, 1.54) is 12.1 Å². The first-order valence-electron chi connectivity index (χ1n) is 8.14. The Labute approximate surface area is 141 Å². The van der Waals surface area contributed by atoms with Crippen LogP contribution in [0.3, 0.4) is 0 Å². The summed E-state index contributed by atoms with van der Waals surface area (Å²) in [6.45, 7) is 3.00. The van der Waals surface area contributed by atoms with Crippen LogP contribution in [0.2, 0.25) is 0 Å². The van der Waals surface area contributed by atoms with Crippen molar-refractivity contribution in [3.8, 4) is 0 Å². The number of rotatable bonds is 4. The Morgan fingerprint density at radius 3 is 2.75 bits per heavy atom. The van der Waals surface area contributed by atoms with Crippen molar-refractivity contribution in [3.05, 3.63) is 65.2 Å². The molecule has 1 N–H and O–H groups in total. The minimum absolute atomic E-state index is 0.0909. The van der Waals surface area contributed by atoms with E-state index >= 15 is 0 Å². The van der Waals surface area contributed by atoms with Crippen LogP contribution in [0.5, 0.6) is 0 Å². The zero-order valence-electron chi connectivity index (χ0n) is 13.7. The molecule has 0 radical (unpaired) electrons. The number of nitrogens with zero attached hydrogens (tertiary/aromatic N) is 1. The van der Waals surface area contributed by atoms with E-state index in [0.29, 0.717) is 26.1 Å². The predicted octanol–water partition coefficient (Wildman–Crippen LogP) is 2.89. The van der Waals surface area contributed by atoms with Crippen molar-refractivity contribution in [1.82, 2.24) is 10.3 Å². The summed E-state index contributed by atoms with van der Waals surface area (Å²) in [5.74, 6) is -0.387. The molecule has 1 aliphatic rings. The molecule has 0 bridgehead atoms. The molecule has 24 heavy (non-hydrogen) atoms. The van der Waals surface area contributed by atoms with Crippen molar-refractivity contribution in [2.45, 2.75) is 31.7 Å². The van der Waals surface area contributed by atoms with Crippen molar-refractivity contribution in [2.75, 3.05) is 13.2 Å². The fourth-order valence-electron chi connectivity index (χ4n) is 3.09. The van der Waals surface area contributed by atoms with E-state index < -0.39 is 5.54 Å². The zero-order valence-corrected chi connectivity index (χ0v) is 13.7. The second kappa shape index (κ2) is 7.09. The lowest BCUT2D eigenvalue weighted by Crippen LogP contribution is -2.50. The number of pyridine rings is 1. The molecule has 0 spiro atoms. The highest BCUT2D eigenvalue weighted by molar-refractivity contribution is 5.79. The molecule has 2 heterocycles. The lowest BCUT2D eigenvalue weighted by molar-refractivity contribution is -0.123.